The van der Waals surface area contributed by atoms with Gasteiger partial charge in [-0.2, -0.15) is 0 Å². The third kappa shape index (κ3) is 5.87. The standard InChI is InChI=1S/C54H35N3O/c1-4-15-36(16-5-1)40-21-14-22-41(33-40)44-23-10-12-25-49(44)57(43-30-31-46-45-24-11-13-26-50(45)58-51(46)35-43)42-29-27-37-28-32-48-54(47(37)34-42)56-53(39-19-8-3-9-20-39)52(55-48)38-17-6-2-7-18-38/h1-35H. The van der Waals surface area contributed by atoms with Gasteiger partial charge in [-0.1, -0.05) is 158 Å². The number of furan rings is 1. The molecule has 0 amide bonds. The molecule has 0 bridgehead atoms. The molecule has 11 rings (SSSR count). The smallest absolute Gasteiger partial charge is 0.137 e. The van der Waals surface area contributed by atoms with E-state index in [0.29, 0.717) is 0 Å². The summed E-state index contributed by atoms with van der Waals surface area (Å²) in [5.74, 6) is 0. The Bertz CT molecular complexity index is 3280. The van der Waals surface area contributed by atoms with Crippen LogP contribution in [0.25, 0.3) is 88.5 Å². The molecule has 0 aliphatic rings. The van der Waals surface area contributed by atoms with Crippen LogP contribution in [0.4, 0.5) is 17.1 Å². The number of fused-ring (bicyclic) bond motifs is 6. The van der Waals surface area contributed by atoms with Crippen molar-refractivity contribution >= 4 is 60.8 Å². The van der Waals surface area contributed by atoms with Gasteiger partial charge in [0.25, 0.3) is 0 Å². The molecule has 9 aromatic carbocycles. The lowest BCUT2D eigenvalue weighted by molar-refractivity contribution is 0.669. The van der Waals surface area contributed by atoms with E-state index in [1.165, 1.54) is 11.1 Å². The fraction of sp³-hybridized carbons (Fsp3) is 0. The van der Waals surface area contributed by atoms with E-state index in [2.05, 4.69) is 193 Å². The third-order valence-corrected chi connectivity index (χ3v) is 11.0. The highest BCUT2D eigenvalue weighted by atomic mass is 16.3. The van der Waals surface area contributed by atoms with Crippen molar-refractivity contribution in [2.24, 2.45) is 0 Å². The molecule has 0 saturated carbocycles. The van der Waals surface area contributed by atoms with Gasteiger partial charge in [0.2, 0.25) is 0 Å². The zero-order chi connectivity index (χ0) is 38.4. The molecular weight excluding hydrogens is 707 g/mol. The number of para-hydroxylation sites is 2. The first kappa shape index (κ1) is 33.5. The number of hydrogen-bond donors (Lipinski definition) is 0. The van der Waals surface area contributed by atoms with Crippen LogP contribution in [0.2, 0.25) is 0 Å². The molecule has 272 valence electrons. The van der Waals surface area contributed by atoms with Crippen molar-refractivity contribution in [2.75, 3.05) is 4.90 Å². The first-order chi connectivity index (χ1) is 28.7. The molecule has 0 spiro atoms. The Hall–Kier alpha value is -7.82. The summed E-state index contributed by atoms with van der Waals surface area (Å²) in [7, 11) is 0. The molecule has 2 heterocycles. The first-order valence-corrected chi connectivity index (χ1v) is 19.6. The highest BCUT2D eigenvalue weighted by Gasteiger charge is 2.21. The van der Waals surface area contributed by atoms with Gasteiger partial charge < -0.3 is 9.32 Å². The SMILES string of the molecule is c1ccc(-c2cccc(-c3ccccc3N(c3ccc4c(c3)oc3ccccc34)c3ccc4ccc5nc(-c6ccccc6)c(-c6ccccc6)nc5c4c3)c2)cc1. The number of anilines is 3. The van der Waals surface area contributed by atoms with Gasteiger partial charge in [-0.25, -0.2) is 9.97 Å². The molecule has 2 aromatic heterocycles. The number of benzene rings is 9. The number of nitrogens with zero attached hydrogens (tertiary/aromatic N) is 3. The molecule has 0 unspecified atom stereocenters. The summed E-state index contributed by atoms with van der Waals surface area (Å²) in [6, 6.07) is 74.4. The zero-order valence-electron chi connectivity index (χ0n) is 31.5. The normalized spacial score (nSPS) is 11.4. The molecule has 0 atom stereocenters. The predicted octanol–water partition coefficient (Wildman–Crippen LogP) is 14.8. The second-order valence-electron chi connectivity index (χ2n) is 14.6. The van der Waals surface area contributed by atoms with E-state index in [9.17, 15) is 0 Å². The van der Waals surface area contributed by atoms with E-state index < -0.39 is 0 Å². The van der Waals surface area contributed by atoms with Gasteiger partial charge in [-0.05, 0) is 70.6 Å². The van der Waals surface area contributed by atoms with Crippen LogP contribution >= 0.6 is 0 Å². The fourth-order valence-electron chi connectivity index (χ4n) is 8.25. The number of aromatic nitrogens is 2. The maximum absolute atomic E-state index is 6.48. The molecule has 0 fully saturated rings. The van der Waals surface area contributed by atoms with Crippen molar-refractivity contribution in [1.82, 2.24) is 9.97 Å². The van der Waals surface area contributed by atoms with Crippen LogP contribution in [0.3, 0.4) is 0 Å². The summed E-state index contributed by atoms with van der Waals surface area (Å²) in [6.45, 7) is 0. The Balaban J connectivity index is 1.15. The molecule has 58 heavy (non-hydrogen) atoms. The van der Waals surface area contributed by atoms with E-state index in [0.717, 1.165) is 94.4 Å². The first-order valence-electron chi connectivity index (χ1n) is 19.6. The Kier molecular flexibility index (Phi) is 8.11. The van der Waals surface area contributed by atoms with Gasteiger partial charge in [-0.3, -0.25) is 0 Å². The highest BCUT2D eigenvalue weighted by Crippen LogP contribution is 2.44. The lowest BCUT2D eigenvalue weighted by atomic mass is 9.97. The Morgan fingerprint density at radius 1 is 0.362 bits per heavy atom. The fourth-order valence-corrected chi connectivity index (χ4v) is 8.25. The molecule has 0 saturated heterocycles. The Morgan fingerprint density at radius 2 is 0.948 bits per heavy atom. The van der Waals surface area contributed by atoms with Crippen molar-refractivity contribution in [3.05, 3.63) is 212 Å². The van der Waals surface area contributed by atoms with Crippen LogP contribution in [0.1, 0.15) is 0 Å². The van der Waals surface area contributed by atoms with E-state index >= 15 is 0 Å². The quantitative estimate of drug-likeness (QED) is 0.153. The van der Waals surface area contributed by atoms with Crippen LogP contribution in [0, 0.1) is 0 Å². The van der Waals surface area contributed by atoms with Crippen molar-refractivity contribution in [1.29, 1.82) is 0 Å². The van der Waals surface area contributed by atoms with Gasteiger partial charge in [0.1, 0.15) is 11.2 Å². The van der Waals surface area contributed by atoms with Gasteiger partial charge in [-0.15, -0.1) is 0 Å². The van der Waals surface area contributed by atoms with Gasteiger partial charge in [0.15, 0.2) is 0 Å². The summed E-state index contributed by atoms with van der Waals surface area (Å²) in [5, 5.41) is 4.31. The van der Waals surface area contributed by atoms with Gasteiger partial charge >= 0.3 is 0 Å². The van der Waals surface area contributed by atoms with E-state index in [1.54, 1.807) is 0 Å². The molecule has 4 heteroatoms. The molecule has 0 N–H and O–H groups in total. The topological polar surface area (TPSA) is 42.2 Å². The largest absolute Gasteiger partial charge is 0.456 e. The minimum absolute atomic E-state index is 0.838. The molecule has 0 aliphatic heterocycles. The maximum Gasteiger partial charge on any atom is 0.137 e. The second kappa shape index (κ2) is 14.0. The average molecular weight is 742 g/mol. The molecular formula is C54H35N3O. The second-order valence-corrected chi connectivity index (χ2v) is 14.6. The van der Waals surface area contributed by atoms with Crippen LogP contribution in [-0.4, -0.2) is 9.97 Å². The maximum atomic E-state index is 6.48. The van der Waals surface area contributed by atoms with Crippen molar-refractivity contribution in [3.63, 3.8) is 0 Å². The van der Waals surface area contributed by atoms with Gasteiger partial charge in [0, 0.05) is 50.3 Å². The van der Waals surface area contributed by atoms with Crippen molar-refractivity contribution in [3.8, 4) is 44.8 Å². The monoisotopic (exact) mass is 741 g/mol. The van der Waals surface area contributed by atoms with Crippen LogP contribution in [0.5, 0.6) is 0 Å². The van der Waals surface area contributed by atoms with Crippen molar-refractivity contribution < 1.29 is 4.42 Å². The Morgan fingerprint density at radius 3 is 1.74 bits per heavy atom. The van der Waals surface area contributed by atoms with Crippen LogP contribution < -0.4 is 4.90 Å². The van der Waals surface area contributed by atoms with Crippen LogP contribution in [-0.2, 0) is 0 Å². The zero-order valence-corrected chi connectivity index (χ0v) is 31.5. The van der Waals surface area contributed by atoms with Gasteiger partial charge in [0.05, 0.1) is 28.1 Å². The lowest BCUT2D eigenvalue weighted by Crippen LogP contribution is -2.11. The summed E-state index contributed by atoms with van der Waals surface area (Å²) in [4.78, 5) is 13.1. The van der Waals surface area contributed by atoms with Crippen LogP contribution in [0.15, 0.2) is 217 Å². The molecule has 4 nitrogen and oxygen atoms in total. The van der Waals surface area contributed by atoms with Crippen molar-refractivity contribution in [2.45, 2.75) is 0 Å². The summed E-state index contributed by atoms with van der Waals surface area (Å²) in [5.41, 5.74) is 14.8. The molecule has 0 aliphatic carbocycles. The lowest BCUT2D eigenvalue weighted by Gasteiger charge is -2.28. The predicted molar refractivity (Wildman–Crippen MR) is 241 cm³/mol. The van der Waals surface area contributed by atoms with E-state index in [1.807, 2.05) is 24.3 Å². The third-order valence-electron chi connectivity index (χ3n) is 11.0. The Labute approximate surface area is 335 Å². The molecule has 11 aromatic rings. The molecule has 0 radical (unpaired) electrons. The van der Waals surface area contributed by atoms with E-state index in [4.69, 9.17) is 14.4 Å². The number of rotatable bonds is 7. The minimum atomic E-state index is 0.838. The average Bonchev–Trinajstić information content (AvgIpc) is 3.68. The van der Waals surface area contributed by atoms with E-state index in [-0.39, 0.29) is 0 Å². The summed E-state index contributed by atoms with van der Waals surface area (Å²) in [6.07, 6.45) is 0. The summed E-state index contributed by atoms with van der Waals surface area (Å²) < 4.78 is 6.48. The number of hydrogen-bond acceptors (Lipinski definition) is 4. The minimum Gasteiger partial charge on any atom is -0.456 e. The summed E-state index contributed by atoms with van der Waals surface area (Å²) >= 11 is 0. The highest BCUT2D eigenvalue weighted by molar-refractivity contribution is 6.09.